The fraction of sp³-hybridized carbons (Fsp3) is 0.143. The highest BCUT2D eigenvalue weighted by Gasteiger charge is 2.15. The van der Waals surface area contributed by atoms with E-state index in [0.717, 1.165) is 11.3 Å². The molecule has 6 heteroatoms. The van der Waals surface area contributed by atoms with Crippen LogP contribution in [0.5, 0.6) is 17.2 Å². The molecule has 0 aliphatic rings. The van der Waals surface area contributed by atoms with E-state index in [2.05, 4.69) is 0 Å². The minimum Gasteiger partial charge on any atom is -0.497 e. The minimum absolute atomic E-state index is 0.0734. The topological polar surface area (TPSA) is 75.0 Å². The Kier molecular flexibility index (Phi) is 5.26. The summed E-state index contributed by atoms with van der Waals surface area (Å²) < 4.78 is 20.9. The monoisotopic (exact) mass is 366 g/mol. The summed E-state index contributed by atoms with van der Waals surface area (Å²) in [4.78, 5) is 24.7. The maximum Gasteiger partial charge on any atom is 0.347 e. The quantitative estimate of drug-likeness (QED) is 0.376. The molecule has 0 atom stereocenters. The maximum atomic E-state index is 12.5. The summed E-state index contributed by atoms with van der Waals surface area (Å²) in [5, 5.41) is 0.513. The SMILES string of the molecule is COc1ccc(/C=C\C(=O)c2cc3c(OC)cc(OC)cc3oc2=O)cc1. The average Bonchev–Trinajstić information content (AvgIpc) is 2.70. The summed E-state index contributed by atoms with van der Waals surface area (Å²) in [5.41, 5.74) is 0.293. The second-order valence-electron chi connectivity index (χ2n) is 5.66. The van der Waals surface area contributed by atoms with Crippen molar-refractivity contribution in [3.63, 3.8) is 0 Å². The predicted octanol–water partition coefficient (Wildman–Crippen LogP) is 3.71. The second-order valence-corrected chi connectivity index (χ2v) is 5.66. The molecule has 6 nitrogen and oxygen atoms in total. The van der Waals surface area contributed by atoms with Crippen molar-refractivity contribution in [2.45, 2.75) is 0 Å². The van der Waals surface area contributed by atoms with E-state index >= 15 is 0 Å². The normalized spacial score (nSPS) is 10.9. The van der Waals surface area contributed by atoms with Gasteiger partial charge in [-0.05, 0) is 29.8 Å². The molecule has 0 fully saturated rings. The van der Waals surface area contributed by atoms with Gasteiger partial charge >= 0.3 is 5.63 Å². The fourth-order valence-electron chi connectivity index (χ4n) is 2.60. The Hall–Kier alpha value is -3.54. The number of fused-ring (bicyclic) bond motifs is 1. The zero-order chi connectivity index (χ0) is 19.4. The van der Waals surface area contributed by atoms with Crippen LogP contribution in [0, 0.1) is 0 Å². The first-order chi connectivity index (χ1) is 13.0. The van der Waals surface area contributed by atoms with Crippen LogP contribution in [0.1, 0.15) is 15.9 Å². The van der Waals surface area contributed by atoms with Crippen molar-refractivity contribution in [3.05, 3.63) is 70.1 Å². The van der Waals surface area contributed by atoms with Crippen LogP contribution in [-0.2, 0) is 0 Å². The summed E-state index contributed by atoms with van der Waals surface area (Å²) >= 11 is 0. The van der Waals surface area contributed by atoms with Crippen molar-refractivity contribution in [1.82, 2.24) is 0 Å². The molecule has 3 aromatic rings. The Labute approximate surface area is 155 Å². The minimum atomic E-state index is -0.720. The molecule has 0 N–H and O–H groups in total. The molecule has 27 heavy (non-hydrogen) atoms. The van der Waals surface area contributed by atoms with Crippen molar-refractivity contribution in [1.29, 1.82) is 0 Å². The zero-order valence-electron chi connectivity index (χ0n) is 15.1. The number of ether oxygens (including phenoxy) is 3. The number of carbonyl (C=O) groups is 1. The fourth-order valence-corrected chi connectivity index (χ4v) is 2.60. The Morgan fingerprint density at radius 3 is 2.26 bits per heavy atom. The van der Waals surface area contributed by atoms with Gasteiger partial charge in [-0.1, -0.05) is 18.2 Å². The highest BCUT2D eigenvalue weighted by molar-refractivity contribution is 6.08. The summed E-state index contributed by atoms with van der Waals surface area (Å²) in [5.74, 6) is 1.19. The van der Waals surface area contributed by atoms with E-state index in [1.54, 1.807) is 49.6 Å². The van der Waals surface area contributed by atoms with Gasteiger partial charge in [0.1, 0.15) is 28.4 Å². The smallest absolute Gasteiger partial charge is 0.347 e. The van der Waals surface area contributed by atoms with E-state index in [1.807, 2.05) is 0 Å². The third-order valence-electron chi connectivity index (χ3n) is 4.05. The van der Waals surface area contributed by atoms with Crippen molar-refractivity contribution in [2.24, 2.45) is 0 Å². The maximum absolute atomic E-state index is 12.5. The first kappa shape index (κ1) is 18.3. The van der Waals surface area contributed by atoms with Gasteiger partial charge in [0.2, 0.25) is 0 Å². The largest absolute Gasteiger partial charge is 0.497 e. The second kappa shape index (κ2) is 7.78. The Balaban J connectivity index is 1.97. The van der Waals surface area contributed by atoms with E-state index in [-0.39, 0.29) is 11.1 Å². The number of allylic oxidation sites excluding steroid dienone is 1. The Bertz CT molecular complexity index is 1060. The first-order valence-electron chi connectivity index (χ1n) is 8.12. The molecule has 1 aromatic heterocycles. The standard InChI is InChI=1S/C21H18O6/c1-24-14-7-4-13(5-8-14)6-9-18(22)16-12-17-19(26-3)10-15(25-2)11-20(17)27-21(16)23/h4-12H,1-3H3/b9-6-. The van der Waals surface area contributed by atoms with Gasteiger partial charge in [-0.25, -0.2) is 4.79 Å². The van der Waals surface area contributed by atoms with Crippen LogP contribution in [0.4, 0.5) is 0 Å². The molecule has 2 aromatic carbocycles. The molecule has 0 radical (unpaired) electrons. The lowest BCUT2D eigenvalue weighted by molar-refractivity contribution is 0.104. The van der Waals surface area contributed by atoms with Gasteiger partial charge in [-0.15, -0.1) is 0 Å². The first-order valence-corrected chi connectivity index (χ1v) is 8.12. The van der Waals surface area contributed by atoms with Crippen molar-refractivity contribution < 1.29 is 23.4 Å². The van der Waals surface area contributed by atoms with Gasteiger partial charge in [0, 0.05) is 12.1 Å². The summed E-state index contributed by atoms with van der Waals surface area (Å²) in [7, 11) is 4.57. The average molecular weight is 366 g/mol. The summed E-state index contributed by atoms with van der Waals surface area (Å²) in [6.07, 6.45) is 2.95. The molecule has 138 valence electrons. The Morgan fingerprint density at radius 1 is 0.926 bits per heavy atom. The Morgan fingerprint density at radius 2 is 1.63 bits per heavy atom. The van der Waals surface area contributed by atoms with Crippen LogP contribution >= 0.6 is 0 Å². The molecule has 0 saturated carbocycles. The summed E-state index contributed by atoms with van der Waals surface area (Å²) in [6, 6.07) is 11.9. The molecule has 0 bridgehead atoms. The lowest BCUT2D eigenvalue weighted by atomic mass is 10.1. The van der Waals surface area contributed by atoms with Gasteiger partial charge in [0.25, 0.3) is 0 Å². The van der Waals surface area contributed by atoms with Crippen LogP contribution < -0.4 is 19.8 Å². The molecule has 0 amide bonds. The highest BCUT2D eigenvalue weighted by Crippen LogP contribution is 2.30. The molecule has 3 rings (SSSR count). The van der Waals surface area contributed by atoms with E-state index in [9.17, 15) is 9.59 Å². The molecular weight excluding hydrogens is 348 g/mol. The van der Waals surface area contributed by atoms with Gasteiger partial charge < -0.3 is 18.6 Å². The van der Waals surface area contributed by atoms with Crippen LogP contribution in [0.3, 0.4) is 0 Å². The molecule has 0 spiro atoms. The van der Waals surface area contributed by atoms with E-state index < -0.39 is 11.4 Å². The van der Waals surface area contributed by atoms with Gasteiger partial charge in [-0.2, -0.15) is 0 Å². The number of rotatable bonds is 6. The van der Waals surface area contributed by atoms with Crippen LogP contribution in [-0.4, -0.2) is 27.1 Å². The van der Waals surface area contributed by atoms with Crippen LogP contribution in [0.2, 0.25) is 0 Å². The molecule has 0 aliphatic heterocycles. The van der Waals surface area contributed by atoms with Crippen LogP contribution in [0.15, 0.2) is 57.8 Å². The van der Waals surface area contributed by atoms with Crippen molar-refractivity contribution in [3.8, 4) is 17.2 Å². The lowest BCUT2D eigenvalue weighted by Crippen LogP contribution is -2.12. The molecule has 1 heterocycles. The van der Waals surface area contributed by atoms with Crippen molar-refractivity contribution >= 4 is 22.8 Å². The number of carbonyl (C=O) groups excluding carboxylic acids is 1. The predicted molar refractivity (Wildman–Crippen MR) is 102 cm³/mol. The molecule has 0 unspecified atom stereocenters. The number of hydrogen-bond acceptors (Lipinski definition) is 6. The molecular formula is C21H18O6. The lowest BCUT2D eigenvalue weighted by Gasteiger charge is -2.08. The van der Waals surface area contributed by atoms with Crippen LogP contribution in [0.25, 0.3) is 17.0 Å². The van der Waals surface area contributed by atoms with E-state index in [0.29, 0.717) is 16.9 Å². The van der Waals surface area contributed by atoms with Gasteiger partial charge in [0.15, 0.2) is 5.78 Å². The molecule has 0 saturated heterocycles. The third kappa shape index (κ3) is 3.84. The highest BCUT2D eigenvalue weighted by atomic mass is 16.5. The zero-order valence-corrected chi connectivity index (χ0v) is 15.1. The van der Waals surface area contributed by atoms with Gasteiger partial charge in [0.05, 0.1) is 26.7 Å². The number of hydrogen-bond donors (Lipinski definition) is 0. The number of benzene rings is 2. The number of ketones is 1. The summed E-state index contributed by atoms with van der Waals surface area (Å²) in [6.45, 7) is 0. The number of methoxy groups -OCH3 is 3. The van der Waals surface area contributed by atoms with E-state index in [1.165, 1.54) is 26.4 Å². The van der Waals surface area contributed by atoms with Crippen molar-refractivity contribution in [2.75, 3.05) is 21.3 Å². The third-order valence-corrected chi connectivity index (χ3v) is 4.05. The molecule has 0 aliphatic carbocycles. The van der Waals surface area contributed by atoms with E-state index in [4.69, 9.17) is 18.6 Å². The van der Waals surface area contributed by atoms with Gasteiger partial charge in [-0.3, -0.25) is 4.79 Å².